The Morgan fingerprint density at radius 2 is 1.84 bits per heavy atom. The lowest BCUT2D eigenvalue weighted by Crippen LogP contribution is -2.26. The molecule has 19 heavy (non-hydrogen) atoms. The van der Waals surface area contributed by atoms with E-state index < -0.39 is 15.9 Å². The number of ether oxygens (including phenoxy) is 1. The molecule has 0 spiro atoms. The molecule has 0 saturated carbocycles. The third kappa shape index (κ3) is 6.04. The summed E-state index contributed by atoms with van der Waals surface area (Å²) < 4.78 is 27.9. The third-order valence-electron chi connectivity index (χ3n) is 2.45. The zero-order valence-corrected chi connectivity index (χ0v) is 12.3. The van der Waals surface area contributed by atoms with Crippen LogP contribution in [0.2, 0.25) is 0 Å². The van der Waals surface area contributed by atoms with Gasteiger partial charge in [-0.3, -0.25) is 0 Å². The van der Waals surface area contributed by atoms with E-state index in [4.69, 9.17) is 4.74 Å². The summed E-state index contributed by atoms with van der Waals surface area (Å²) in [5, 5.41) is 12.7. The van der Waals surface area contributed by atoms with Crippen molar-refractivity contribution in [2.24, 2.45) is 0 Å². The molecule has 1 rings (SSSR count). The highest BCUT2D eigenvalue weighted by Crippen LogP contribution is 2.13. The first-order chi connectivity index (χ1) is 8.79. The monoisotopic (exact) mass is 287 g/mol. The fraction of sp³-hybridized carbons (Fsp3) is 0.538. The standard InChI is InChI=1S/C13H21NO4S/c1-10(2)18-9-12(15)8-14-11-4-6-13(7-5-11)19(3,16)17/h4-7,10,12,14-15H,8-9H2,1-3H3. The Hall–Kier alpha value is -1.11. The zero-order valence-electron chi connectivity index (χ0n) is 11.5. The van der Waals surface area contributed by atoms with Gasteiger partial charge in [0.05, 0.1) is 23.7 Å². The van der Waals surface area contributed by atoms with Gasteiger partial charge in [0.1, 0.15) is 0 Å². The second-order valence-electron chi connectivity index (χ2n) is 4.71. The fourth-order valence-electron chi connectivity index (χ4n) is 1.42. The van der Waals surface area contributed by atoms with Gasteiger partial charge in [0.15, 0.2) is 9.84 Å². The molecule has 1 atom stereocenters. The van der Waals surface area contributed by atoms with E-state index in [9.17, 15) is 13.5 Å². The molecule has 0 amide bonds. The van der Waals surface area contributed by atoms with Crippen molar-refractivity contribution in [3.05, 3.63) is 24.3 Å². The molecule has 2 N–H and O–H groups in total. The second kappa shape index (κ2) is 6.88. The average molecular weight is 287 g/mol. The summed E-state index contributed by atoms with van der Waals surface area (Å²) in [6.07, 6.45) is 0.656. The first-order valence-corrected chi connectivity index (χ1v) is 8.02. The minimum atomic E-state index is -3.17. The van der Waals surface area contributed by atoms with E-state index in [1.165, 1.54) is 18.4 Å². The van der Waals surface area contributed by atoms with Gasteiger partial charge < -0.3 is 15.2 Å². The molecular weight excluding hydrogens is 266 g/mol. The van der Waals surface area contributed by atoms with Crippen LogP contribution >= 0.6 is 0 Å². The van der Waals surface area contributed by atoms with E-state index in [-0.39, 0.29) is 17.6 Å². The van der Waals surface area contributed by atoms with E-state index in [1.807, 2.05) is 13.8 Å². The van der Waals surface area contributed by atoms with Crippen molar-refractivity contribution >= 4 is 15.5 Å². The van der Waals surface area contributed by atoms with E-state index in [2.05, 4.69) is 5.32 Å². The van der Waals surface area contributed by atoms with Gasteiger partial charge in [0.2, 0.25) is 0 Å². The summed E-state index contributed by atoms with van der Waals surface area (Å²) in [4.78, 5) is 0.279. The molecule has 108 valence electrons. The highest BCUT2D eigenvalue weighted by molar-refractivity contribution is 7.90. The molecule has 0 fully saturated rings. The van der Waals surface area contributed by atoms with Crippen LogP contribution in [0.15, 0.2) is 29.2 Å². The number of hydrogen-bond donors (Lipinski definition) is 2. The first kappa shape index (κ1) is 15.9. The minimum absolute atomic E-state index is 0.0868. The number of rotatable bonds is 7. The molecule has 1 unspecified atom stereocenters. The van der Waals surface area contributed by atoms with E-state index in [0.29, 0.717) is 6.54 Å². The Kier molecular flexibility index (Phi) is 5.78. The molecule has 0 aliphatic heterocycles. The molecule has 0 aliphatic carbocycles. The number of nitrogens with one attached hydrogen (secondary N) is 1. The van der Waals surface area contributed by atoms with Crippen molar-refractivity contribution in [3.63, 3.8) is 0 Å². The summed E-state index contributed by atoms with van der Waals surface area (Å²) in [6.45, 7) is 4.44. The molecule has 0 aliphatic rings. The van der Waals surface area contributed by atoms with Gasteiger partial charge in [-0.1, -0.05) is 0 Å². The smallest absolute Gasteiger partial charge is 0.175 e. The normalized spacial score (nSPS) is 13.5. The maximum Gasteiger partial charge on any atom is 0.175 e. The lowest BCUT2D eigenvalue weighted by Gasteiger charge is -2.15. The van der Waals surface area contributed by atoms with Crippen LogP contribution in [0.1, 0.15) is 13.8 Å². The summed E-state index contributed by atoms with van der Waals surface area (Å²) in [7, 11) is -3.17. The second-order valence-corrected chi connectivity index (χ2v) is 6.73. The predicted octanol–water partition coefficient (Wildman–Crippen LogP) is 1.29. The largest absolute Gasteiger partial charge is 0.389 e. The molecule has 0 saturated heterocycles. The average Bonchev–Trinajstić information content (AvgIpc) is 2.33. The highest BCUT2D eigenvalue weighted by Gasteiger charge is 2.08. The Morgan fingerprint density at radius 3 is 2.32 bits per heavy atom. The molecule has 0 heterocycles. The van der Waals surface area contributed by atoms with Crippen molar-refractivity contribution in [2.75, 3.05) is 24.7 Å². The zero-order chi connectivity index (χ0) is 14.5. The SMILES string of the molecule is CC(C)OCC(O)CNc1ccc(S(C)(=O)=O)cc1. The van der Waals surface area contributed by atoms with Crippen LogP contribution in [-0.2, 0) is 14.6 Å². The number of benzene rings is 1. The van der Waals surface area contributed by atoms with Gasteiger partial charge in [-0.25, -0.2) is 8.42 Å². The number of aliphatic hydroxyl groups excluding tert-OH is 1. The highest BCUT2D eigenvalue weighted by atomic mass is 32.2. The van der Waals surface area contributed by atoms with Gasteiger partial charge in [-0.15, -0.1) is 0 Å². The topological polar surface area (TPSA) is 75.6 Å². The van der Waals surface area contributed by atoms with Crippen molar-refractivity contribution < 1.29 is 18.3 Å². The van der Waals surface area contributed by atoms with Crippen molar-refractivity contribution in [2.45, 2.75) is 31.0 Å². The van der Waals surface area contributed by atoms with Crippen LogP contribution in [0.5, 0.6) is 0 Å². The van der Waals surface area contributed by atoms with E-state index >= 15 is 0 Å². The lowest BCUT2D eigenvalue weighted by atomic mass is 10.3. The maximum atomic E-state index is 11.3. The molecule has 0 radical (unpaired) electrons. The van der Waals surface area contributed by atoms with Gasteiger partial charge >= 0.3 is 0 Å². The van der Waals surface area contributed by atoms with Gasteiger partial charge in [-0.05, 0) is 38.1 Å². The van der Waals surface area contributed by atoms with Crippen molar-refractivity contribution in [1.29, 1.82) is 0 Å². The number of hydrogen-bond acceptors (Lipinski definition) is 5. The van der Waals surface area contributed by atoms with E-state index in [1.54, 1.807) is 12.1 Å². The molecule has 6 heteroatoms. The van der Waals surface area contributed by atoms with Crippen molar-refractivity contribution in [1.82, 2.24) is 0 Å². The van der Waals surface area contributed by atoms with Crippen LogP contribution in [0.4, 0.5) is 5.69 Å². The van der Waals surface area contributed by atoms with E-state index in [0.717, 1.165) is 5.69 Å². The third-order valence-corrected chi connectivity index (χ3v) is 3.57. The summed E-state index contributed by atoms with van der Waals surface area (Å²) in [5.74, 6) is 0. The number of aliphatic hydroxyl groups is 1. The minimum Gasteiger partial charge on any atom is -0.389 e. The molecule has 5 nitrogen and oxygen atoms in total. The summed E-state index contributed by atoms with van der Waals surface area (Å²) >= 11 is 0. The van der Waals surface area contributed by atoms with Gasteiger partial charge in [0.25, 0.3) is 0 Å². The molecule has 1 aromatic carbocycles. The Bertz CT molecular complexity index is 482. The summed E-state index contributed by atoms with van der Waals surface area (Å²) in [5.41, 5.74) is 0.760. The molecule has 1 aromatic rings. The predicted molar refractivity (Wildman–Crippen MR) is 75.1 cm³/mol. The van der Waals surface area contributed by atoms with Crippen LogP contribution < -0.4 is 5.32 Å². The Morgan fingerprint density at radius 1 is 1.26 bits per heavy atom. The fourth-order valence-corrected chi connectivity index (χ4v) is 2.05. The van der Waals surface area contributed by atoms with Crippen LogP contribution in [0.25, 0.3) is 0 Å². The Labute approximate surface area is 114 Å². The van der Waals surface area contributed by atoms with Crippen LogP contribution in [0.3, 0.4) is 0 Å². The quantitative estimate of drug-likeness (QED) is 0.790. The number of anilines is 1. The molecule has 0 bridgehead atoms. The lowest BCUT2D eigenvalue weighted by molar-refractivity contribution is 0.0112. The van der Waals surface area contributed by atoms with Crippen molar-refractivity contribution in [3.8, 4) is 0 Å². The van der Waals surface area contributed by atoms with Gasteiger partial charge in [0, 0.05) is 18.5 Å². The van der Waals surface area contributed by atoms with Crippen LogP contribution in [0, 0.1) is 0 Å². The Balaban J connectivity index is 2.46. The first-order valence-electron chi connectivity index (χ1n) is 6.12. The molecular formula is C13H21NO4S. The van der Waals surface area contributed by atoms with Gasteiger partial charge in [-0.2, -0.15) is 0 Å². The summed E-state index contributed by atoms with van der Waals surface area (Å²) in [6, 6.07) is 6.42. The maximum absolute atomic E-state index is 11.3. The molecule has 0 aromatic heterocycles. The van der Waals surface area contributed by atoms with Crippen LogP contribution in [-0.4, -0.2) is 45.1 Å². The number of sulfone groups is 1.